The van der Waals surface area contributed by atoms with E-state index in [4.69, 9.17) is 27.9 Å². The van der Waals surface area contributed by atoms with Crippen LogP contribution in [0.3, 0.4) is 0 Å². The molecule has 178 valence electrons. The molecule has 10 heteroatoms. The van der Waals surface area contributed by atoms with E-state index < -0.39 is 23.7 Å². The van der Waals surface area contributed by atoms with Crippen LogP contribution >= 0.6 is 23.2 Å². The van der Waals surface area contributed by atoms with Crippen LogP contribution in [0.4, 0.5) is 10.6 Å². The first-order valence-electron chi connectivity index (χ1n) is 10.7. The number of benzene rings is 2. The Morgan fingerprint density at radius 3 is 2.44 bits per heavy atom. The lowest BCUT2D eigenvalue weighted by Crippen LogP contribution is -2.59. The number of anilines is 1. The highest BCUT2D eigenvalue weighted by Crippen LogP contribution is 2.35. The molecular formula is C24H24Cl2N4O4. The van der Waals surface area contributed by atoms with E-state index >= 15 is 0 Å². The van der Waals surface area contributed by atoms with Crippen LogP contribution < -0.4 is 4.90 Å². The summed E-state index contributed by atoms with van der Waals surface area (Å²) in [6, 6.07) is 9.89. The highest BCUT2D eigenvalue weighted by atomic mass is 35.5. The van der Waals surface area contributed by atoms with Gasteiger partial charge < -0.3 is 14.7 Å². The molecule has 1 N–H and O–H groups in total. The molecule has 1 saturated heterocycles. The molecule has 0 radical (unpaired) electrons. The molecule has 2 heterocycles. The predicted octanol–water partition coefficient (Wildman–Crippen LogP) is 5.11. The van der Waals surface area contributed by atoms with E-state index in [0.717, 1.165) is 16.5 Å². The molecule has 3 aromatic rings. The largest absolute Gasteiger partial charge is 0.480 e. The van der Waals surface area contributed by atoms with Gasteiger partial charge >= 0.3 is 12.1 Å². The third-order valence-corrected chi connectivity index (χ3v) is 6.02. The Hall–Kier alpha value is -3.10. The van der Waals surface area contributed by atoms with Gasteiger partial charge in [0.2, 0.25) is 0 Å². The average molecular weight is 503 g/mol. The highest BCUT2D eigenvalue weighted by molar-refractivity contribution is 6.34. The van der Waals surface area contributed by atoms with Crippen LogP contribution in [0.15, 0.2) is 42.7 Å². The Kier molecular flexibility index (Phi) is 6.55. The number of piperazine rings is 1. The molecule has 34 heavy (non-hydrogen) atoms. The molecule has 1 unspecified atom stereocenters. The minimum absolute atomic E-state index is 0.0552. The van der Waals surface area contributed by atoms with Gasteiger partial charge in [-0.15, -0.1) is 0 Å². The number of fused-ring (bicyclic) bond motifs is 1. The van der Waals surface area contributed by atoms with E-state index in [1.165, 1.54) is 11.2 Å². The Morgan fingerprint density at radius 1 is 1.09 bits per heavy atom. The van der Waals surface area contributed by atoms with E-state index in [9.17, 15) is 14.7 Å². The van der Waals surface area contributed by atoms with Crippen LogP contribution in [0, 0.1) is 0 Å². The number of aromatic nitrogens is 2. The first-order chi connectivity index (χ1) is 16.0. The second-order valence-electron chi connectivity index (χ2n) is 9.03. The standard InChI is InChI=1S/C24H24Cl2N4O4/c1-24(2,3)34-23(33)30-9-8-29(12-20(30)22(31)32)21-17-10-16(14-4-6-15(25)7-5-14)18(26)11-19(17)27-13-28-21/h4-7,10-11,13,20H,8-9,12H2,1-3H3,(H,31,32). The molecule has 1 aliphatic rings. The molecule has 4 rings (SSSR count). The number of nitrogens with zero attached hydrogens (tertiary/aromatic N) is 4. The van der Waals surface area contributed by atoms with Gasteiger partial charge in [-0.3, -0.25) is 4.90 Å². The van der Waals surface area contributed by atoms with E-state index in [1.807, 2.05) is 23.1 Å². The molecule has 0 spiro atoms. The molecule has 1 aromatic heterocycles. The number of hydrogen-bond donors (Lipinski definition) is 1. The van der Waals surface area contributed by atoms with E-state index in [2.05, 4.69) is 9.97 Å². The van der Waals surface area contributed by atoms with Crippen LogP contribution in [-0.2, 0) is 9.53 Å². The van der Waals surface area contributed by atoms with Gasteiger partial charge in [-0.1, -0.05) is 35.3 Å². The SMILES string of the molecule is CC(C)(C)OC(=O)N1CCN(c2ncnc3cc(Cl)c(-c4ccc(Cl)cc4)cc23)CC1C(=O)O. The third-order valence-electron chi connectivity index (χ3n) is 5.45. The summed E-state index contributed by atoms with van der Waals surface area (Å²) < 4.78 is 5.41. The minimum Gasteiger partial charge on any atom is -0.480 e. The lowest BCUT2D eigenvalue weighted by molar-refractivity contribution is -0.143. The van der Waals surface area contributed by atoms with Crippen molar-refractivity contribution >= 4 is 52.0 Å². The Labute approximate surface area is 207 Å². The number of hydrogen-bond acceptors (Lipinski definition) is 6. The number of rotatable bonds is 3. The van der Waals surface area contributed by atoms with E-state index in [-0.39, 0.29) is 13.1 Å². The van der Waals surface area contributed by atoms with E-state index in [1.54, 1.807) is 39.0 Å². The molecule has 1 aliphatic heterocycles. The summed E-state index contributed by atoms with van der Waals surface area (Å²) in [5, 5.41) is 11.7. The Morgan fingerprint density at radius 2 is 1.79 bits per heavy atom. The van der Waals surface area contributed by atoms with Gasteiger partial charge in [0.1, 0.15) is 23.8 Å². The van der Waals surface area contributed by atoms with Crippen LogP contribution in [0.25, 0.3) is 22.0 Å². The second-order valence-corrected chi connectivity index (χ2v) is 9.87. The number of carbonyl (C=O) groups excluding carboxylic acids is 1. The number of ether oxygens (including phenoxy) is 1. The molecule has 1 fully saturated rings. The zero-order valence-corrected chi connectivity index (χ0v) is 20.5. The topological polar surface area (TPSA) is 95.9 Å². The fourth-order valence-corrected chi connectivity index (χ4v) is 4.29. The average Bonchev–Trinajstić information content (AvgIpc) is 2.77. The van der Waals surface area contributed by atoms with Gasteiger partial charge in [-0.25, -0.2) is 19.6 Å². The predicted molar refractivity (Wildman–Crippen MR) is 132 cm³/mol. The summed E-state index contributed by atoms with van der Waals surface area (Å²) in [5.74, 6) is -0.536. The fraction of sp³-hybridized carbons (Fsp3) is 0.333. The number of amides is 1. The van der Waals surface area contributed by atoms with Crippen molar-refractivity contribution in [2.75, 3.05) is 24.5 Å². The third kappa shape index (κ3) is 5.03. The zero-order chi connectivity index (χ0) is 24.6. The molecular weight excluding hydrogens is 479 g/mol. The fourth-order valence-electron chi connectivity index (χ4n) is 3.89. The van der Waals surface area contributed by atoms with Crippen molar-refractivity contribution in [2.24, 2.45) is 0 Å². The van der Waals surface area contributed by atoms with Gasteiger partial charge in [0.05, 0.1) is 17.1 Å². The molecule has 8 nitrogen and oxygen atoms in total. The van der Waals surface area contributed by atoms with Gasteiger partial charge in [0.15, 0.2) is 0 Å². The van der Waals surface area contributed by atoms with Gasteiger partial charge in [-0.2, -0.15) is 0 Å². The van der Waals surface area contributed by atoms with Crippen molar-refractivity contribution < 1.29 is 19.4 Å². The van der Waals surface area contributed by atoms with Crippen LogP contribution in [0.1, 0.15) is 20.8 Å². The Balaban J connectivity index is 1.69. The summed E-state index contributed by atoms with van der Waals surface area (Å²) >= 11 is 12.6. The van der Waals surface area contributed by atoms with Crippen molar-refractivity contribution in [3.05, 3.63) is 52.8 Å². The van der Waals surface area contributed by atoms with Gasteiger partial charge in [0, 0.05) is 29.1 Å². The molecule has 1 atom stereocenters. The van der Waals surface area contributed by atoms with Crippen LogP contribution in [0.2, 0.25) is 10.0 Å². The van der Waals surface area contributed by atoms with Crippen molar-refractivity contribution in [1.29, 1.82) is 0 Å². The maximum absolute atomic E-state index is 12.6. The number of aliphatic carboxylic acids is 1. The van der Waals surface area contributed by atoms with Crippen molar-refractivity contribution in [2.45, 2.75) is 32.4 Å². The summed E-state index contributed by atoms with van der Waals surface area (Å²) in [7, 11) is 0. The summed E-state index contributed by atoms with van der Waals surface area (Å²) in [4.78, 5) is 36.6. The molecule has 0 bridgehead atoms. The molecule has 2 aromatic carbocycles. The van der Waals surface area contributed by atoms with Crippen molar-refractivity contribution in [1.82, 2.24) is 14.9 Å². The smallest absolute Gasteiger partial charge is 0.411 e. The minimum atomic E-state index is -1.11. The maximum atomic E-state index is 12.6. The number of halogens is 2. The normalized spacial score (nSPS) is 16.6. The first-order valence-corrected chi connectivity index (χ1v) is 11.5. The quantitative estimate of drug-likeness (QED) is 0.531. The second kappa shape index (κ2) is 9.27. The molecule has 1 amide bonds. The monoisotopic (exact) mass is 502 g/mol. The number of carboxylic acids is 1. The summed E-state index contributed by atoms with van der Waals surface area (Å²) in [5.41, 5.74) is 1.57. The first kappa shape index (κ1) is 24.0. The lowest BCUT2D eigenvalue weighted by atomic mass is 10.0. The number of carbonyl (C=O) groups is 2. The summed E-state index contributed by atoms with van der Waals surface area (Å²) in [6.45, 7) is 5.84. The number of carboxylic acid groups (broad SMARTS) is 1. The van der Waals surface area contributed by atoms with Crippen LogP contribution in [-0.4, -0.2) is 63.3 Å². The molecule has 0 aliphatic carbocycles. The summed E-state index contributed by atoms with van der Waals surface area (Å²) in [6.07, 6.45) is 0.773. The lowest BCUT2D eigenvalue weighted by Gasteiger charge is -2.40. The van der Waals surface area contributed by atoms with Gasteiger partial charge in [-0.05, 0) is 50.6 Å². The highest BCUT2D eigenvalue weighted by Gasteiger charge is 2.38. The molecule has 0 saturated carbocycles. The van der Waals surface area contributed by atoms with Crippen molar-refractivity contribution in [3.63, 3.8) is 0 Å². The van der Waals surface area contributed by atoms with E-state index in [0.29, 0.717) is 27.9 Å². The zero-order valence-electron chi connectivity index (χ0n) is 19.0. The Bertz CT molecular complexity index is 1240. The van der Waals surface area contributed by atoms with Crippen LogP contribution in [0.5, 0.6) is 0 Å². The maximum Gasteiger partial charge on any atom is 0.411 e. The van der Waals surface area contributed by atoms with Crippen molar-refractivity contribution in [3.8, 4) is 11.1 Å². The van der Waals surface area contributed by atoms with Gasteiger partial charge in [0.25, 0.3) is 0 Å².